The fraction of sp³-hybridized carbons (Fsp3) is 0.412. The van der Waals surface area contributed by atoms with E-state index in [0.717, 1.165) is 11.3 Å². The van der Waals surface area contributed by atoms with Crippen molar-refractivity contribution in [3.8, 4) is 5.75 Å². The van der Waals surface area contributed by atoms with Gasteiger partial charge in [-0.25, -0.2) is 8.42 Å². The molecule has 2 heterocycles. The Labute approximate surface area is 146 Å². The number of hydrogen-bond acceptors (Lipinski definition) is 6. The zero-order valence-corrected chi connectivity index (χ0v) is 14.9. The number of nitrogens with one attached hydrogen (secondary N) is 1. The zero-order valence-electron chi connectivity index (χ0n) is 14.1. The fourth-order valence-corrected chi connectivity index (χ4v) is 4.48. The summed E-state index contributed by atoms with van der Waals surface area (Å²) in [4.78, 5) is 12.5. The summed E-state index contributed by atoms with van der Waals surface area (Å²) < 4.78 is 34.0. The average Bonchev–Trinajstić information content (AvgIpc) is 3.07. The van der Waals surface area contributed by atoms with Crippen molar-refractivity contribution in [2.45, 2.75) is 32.9 Å². The number of rotatable bonds is 5. The number of sulfone groups is 1. The minimum Gasteiger partial charge on any atom is -0.488 e. The molecule has 0 saturated carbocycles. The third kappa shape index (κ3) is 4.01. The Balaban J connectivity index is 1.71. The van der Waals surface area contributed by atoms with E-state index < -0.39 is 9.84 Å². The minimum atomic E-state index is -3.05. The lowest BCUT2D eigenvalue weighted by Crippen LogP contribution is -2.35. The molecule has 0 aliphatic carbocycles. The quantitative estimate of drug-likeness (QED) is 0.868. The molecule has 7 nitrogen and oxygen atoms in total. The Morgan fingerprint density at radius 2 is 2.12 bits per heavy atom. The molecular formula is C17H20N2O5S. The van der Waals surface area contributed by atoms with Gasteiger partial charge in [0, 0.05) is 6.04 Å². The summed E-state index contributed by atoms with van der Waals surface area (Å²) in [5, 5.41) is 6.66. The van der Waals surface area contributed by atoms with E-state index >= 15 is 0 Å². The molecule has 1 aromatic carbocycles. The number of ether oxygens (including phenoxy) is 1. The molecule has 1 atom stereocenters. The van der Waals surface area contributed by atoms with Gasteiger partial charge in [0.2, 0.25) is 0 Å². The van der Waals surface area contributed by atoms with E-state index in [9.17, 15) is 13.2 Å². The number of nitrogens with zero attached hydrogens (tertiary/aromatic N) is 1. The largest absolute Gasteiger partial charge is 0.488 e. The van der Waals surface area contributed by atoms with Gasteiger partial charge in [0.1, 0.15) is 18.1 Å². The molecule has 2 aromatic rings. The summed E-state index contributed by atoms with van der Waals surface area (Å²) in [7, 11) is -3.05. The first kappa shape index (κ1) is 17.5. The summed E-state index contributed by atoms with van der Waals surface area (Å²) in [5.74, 6) is 0.871. The number of para-hydroxylation sites is 1. The van der Waals surface area contributed by atoms with Gasteiger partial charge in [-0.05, 0) is 32.4 Å². The fourth-order valence-electron chi connectivity index (χ4n) is 2.81. The summed E-state index contributed by atoms with van der Waals surface area (Å²) in [6, 6.07) is 6.52. The SMILES string of the molecule is Cc1noc(C)c1COc1ccccc1C(=O)N[C@H]1CCS(=O)(=O)C1. The molecule has 0 spiro atoms. The Morgan fingerprint density at radius 3 is 2.76 bits per heavy atom. The molecule has 1 aromatic heterocycles. The molecule has 0 bridgehead atoms. The van der Waals surface area contributed by atoms with Crippen LogP contribution in [-0.4, -0.2) is 37.0 Å². The van der Waals surface area contributed by atoms with Gasteiger partial charge in [-0.3, -0.25) is 4.79 Å². The normalized spacial score (nSPS) is 18.9. The van der Waals surface area contributed by atoms with Gasteiger partial charge >= 0.3 is 0 Å². The molecule has 1 aliphatic heterocycles. The zero-order chi connectivity index (χ0) is 18.0. The molecule has 134 valence electrons. The van der Waals surface area contributed by atoms with E-state index in [0.29, 0.717) is 23.5 Å². The smallest absolute Gasteiger partial charge is 0.255 e. The second kappa shape index (κ2) is 6.87. The first-order chi connectivity index (χ1) is 11.9. The molecular weight excluding hydrogens is 344 g/mol. The van der Waals surface area contributed by atoms with Gasteiger partial charge in [-0.15, -0.1) is 0 Å². The van der Waals surface area contributed by atoms with E-state index in [1.54, 1.807) is 31.2 Å². The van der Waals surface area contributed by atoms with E-state index in [2.05, 4.69) is 10.5 Å². The van der Waals surface area contributed by atoms with Crippen molar-refractivity contribution in [2.75, 3.05) is 11.5 Å². The van der Waals surface area contributed by atoms with Crippen molar-refractivity contribution < 1.29 is 22.5 Å². The number of benzene rings is 1. The summed E-state index contributed by atoms with van der Waals surface area (Å²) in [6.45, 7) is 3.87. The number of aryl methyl sites for hydroxylation is 2. The Kier molecular flexibility index (Phi) is 4.80. The predicted octanol–water partition coefficient (Wildman–Crippen LogP) is 1.79. The van der Waals surface area contributed by atoms with Crippen molar-refractivity contribution in [3.63, 3.8) is 0 Å². The Morgan fingerprint density at radius 1 is 1.36 bits per heavy atom. The average molecular weight is 364 g/mol. The standard InChI is InChI=1S/C17H20N2O5S/c1-11-15(12(2)24-19-11)9-23-16-6-4-3-5-14(16)17(20)18-13-7-8-25(21,22)10-13/h3-6,13H,7-10H2,1-2H3,(H,18,20)/t13-/m0/s1. The van der Waals surface area contributed by atoms with Crippen LogP contribution in [0.25, 0.3) is 0 Å². The van der Waals surface area contributed by atoms with Crippen molar-refractivity contribution in [1.29, 1.82) is 0 Å². The highest BCUT2D eigenvalue weighted by Gasteiger charge is 2.29. The van der Waals surface area contributed by atoms with Crippen LogP contribution in [-0.2, 0) is 16.4 Å². The van der Waals surface area contributed by atoms with Crippen molar-refractivity contribution >= 4 is 15.7 Å². The maximum Gasteiger partial charge on any atom is 0.255 e. The molecule has 1 amide bonds. The van der Waals surface area contributed by atoms with Gasteiger partial charge in [-0.1, -0.05) is 17.3 Å². The van der Waals surface area contributed by atoms with Gasteiger partial charge in [0.05, 0.1) is 28.3 Å². The molecule has 3 rings (SSSR count). The topological polar surface area (TPSA) is 98.5 Å². The highest BCUT2D eigenvalue weighted by atomic mass is 32.2. The number of carbonyl (C=O) groups is 1. The lowest BCUT2D eigenvalue weighted by Gasteiger charge is -2.14. The van der Waals surface area contributed by atoms with Crippen LogP contribution in [0.4, 0.5) is 0 Å². The van der Waals surface area contributed by atoms with E-state index in [1.165, 1.54) is 0 Å². The maximum atomic E-state index is 12.5. The third-order valence-electron chi connectivity index (χ3n) is 4.25. The van der Waals surface area contributed by atoms with Crippen LogP contribution in [0, 0.1) is 13.8 Å². The van der Waals surface area contributed by atoms with Crippen LogP contribution in [0.15, 0.2) is 28.8 Å². The molecule has 1 N–H and O–H groups in total. The van der Waals surface area contributed by atoms with Crippen LogP contribution in [0.3, 0.4) is 0 Å². The summed E-state index contributed by atoms with van der Waals surface area (Å²) in [6.07, 6.45) is 0.441. The maximum absolute atomic E-state index is 12.5. The van der Waals surface area contributed by atoms with E-state index in [1.807, 2.05) is 6.92 Å². The Hall–Kier alpha value is -2.35. The lowest BCUT2D eigenvalue weighted by atomic mass is 10.1. The van der Waals surface area contributed by atoms with Crippen LogP contribution < -0.4 is 10.1 Å². The van der Waals surface area contributed by atoms with Crippen LogP contribution >= 0.6 is 0 Å². The van der Waals surface area contributed by atoms with Crippen LogP contribution in [0.1, 0.15) is 33.8 Å². The van der Waals surface area contributed by atoms with Gasteiger partial charge in [0.25, 0.3) is 5.91 Å². The number of aromatic nitrogens is 1. The minimum absolute atomic E-state index is 0.0131. The Bertz CT molecular complexity index is 869. The van der Waals surface area contributed by atoms with Gasteiger partial charge < -0.3 is 14.6 Å². The van der Waals surface area contributed by atoms with Crippen molar-refractivity contribution in [1.82, 2.24) is 10.5 Å². The van der Waals surface area contributed by atoms with E-state index in [-0.39, 0.29) is 30.1 Å². The molecule has 1 fully saturated rings. The second-order valence-electron chi connectivity index (χ2n) is 6.16. The number of hydrogen-bond donors (Lipinski definition) is 1. The molecule has 1 aliphatic rings. The molecule has 1 saturated heterocycles. The highest BCUT2D eigenvalue weighted by molar-refractivity contribution is 7.91. The summed E-state index contributed by atoms with van der Waals surface area (Å²) >= 11 is 0. The highest BCUT2D eigenvalue weighted by Crippen LogP contribution is 2.22. The summed E-state index contributed by atoms with van der Waals surface area (Å²) in [5.41, 5.74) is 1.96. The third-order valence-corrected chi connectivity index (χ3v) is 6.02. The van der Waals surface area contributed by atoms with Gasteiger partial charge in [-0.2, -0.15) is 0 Å². The lowest BCUT2D eigenvalue weighted by molar-refractivity contribution is 0.0936. The first-order valence-corrected chi connectivity index (χ1v) is 9.83. The second-order valence-corrected chi connectivity index (χ2v) is 8.39. The number of amides is 1. The van der Waals surface area contributed by atoms with Gasteiger partial charge in [0.15, 0.2) is 9.84 Å². The first-order valence-electron chi connectivity index (χ1n) is 8.00. The van der Waals surface area contributed by atoms with Crippen LogP contribution in [0.2, 0.25) is 0 Å². The monoisotopic (exact) mass is 364 g/mol. The number of carbonyl (C=O) groups excluding carboxylic acids is 1. The molecule has 25 heavy (non-hydrogen) atoms. The van der Waals surface area contributed by atoms with Crippen molar-refractivity contribution in [3.05, 3.63) is 46.8 Å². The van der Waals surface area contributed by atoms with Crippen LogP contribution in [0.5, 0.6) is 5.75 Å². The van der Waals surface area contributed by atoms with E-state index in [4.69, 9.17) is 9.26 Å². The molecule has 8 heteroatoms. The molecule has 0 radical (unpaired) electrons. The molecule has 0 unspecified atom stereocenters. The predicted molar refractivity (Wildman–Crippen MR) is 91.3 cm³/mol. The van der Waals surface area contributed by atoms with Crippen molar-refractivity contribution in [2.24, 2.45) is 0 Å².